The molecular weight excluding hydrogens is 299 g/mol. The van der Waals surface area contributed by atoms with E-state index in [1.54, 1.807) is 0 Å². The Labute approximate surface area is 125 Å². The van der Waals surface area contributed by atoms with Crippen LogP contribution in [0.1, 0.15) is 40.0 Å². The fraction of sp³-hybridized carbons (Fsp3) is 0.467. The number of halogens is 3. The monoisotopic (exact) mass is 315 g/mol. The molecule has 7 heteroatoms. The Balaban J connectivity index is 2.13. The number of nitrogens with zero attached hydrogens (tertiary/aromatic N) is 1. The van der Waals surface area contributed by atoms with Crippen LogP contribution in [0.4, 0.5) is 13.2 Å². The minimum Gasteiger partial charge on any atom is -0.478 e. The van der Waals surface area contributed by atoms with Crippen LogP contribution in [-0.4, -0.2) is 41.1 Å². The van der Waals surface area contributed by atoms with E-state index in [9.17, 15) is 22.8 Å². The van der Waals surface area contributed by atoms with Gasteiger partial charge in [-0.3, -0.25) is 4.79 Å². The van der Waals surface area contributed by atoms with Crippen LogP contribution in [-0.2, 0) is 0 Å². The highest BCUT2D eigenvalue weighted by Crippen LogP contribution is 2.29. The molecule has 1 N–H and O–H groups in total. The smallest absolute Gasteiger partial charge is 0.406 e. The van der Waals surface area contributed by atoms with E-state index in [4.69, 9.17) is 5.11 Å². The van der Waals surface area contributed by atoms with Gasteiger partial charge in [-0.2, -0.15) is 13.2 Å². The number of alkyl halides is 3. The van der Waals surface area contributed by atoms with Crippen molar-refractivity contribution in [3.05, 3.63) is 35.4 Å². The lowest BCUT2D eigenvalue weighted by Crippen LogP contribution is -2.43. The lowest BCUT2D eigenvalue weighted by Gasteiger charge is -2.33. The predicted molar refractivity (Wildman–Crippen MR) is 72.7 cm³/mol. The van der Waals surface area contributed by atoms with Crippen molar-refractivity contribution in [1.29, 1.82) is 0 Å². The molecular formula is C15H16F3NO3. The average molecular weight is 315 g/mol. The van der Waals surface area contributed by atoms with Crippen LogP contribution in [0.15, 0.2) is 24.3 Å². The molecule has 0 unspecified atom stereocenters. The summed E-state index contributed by atoms with van der Waals surface area (Å²) in [5.41, 5.74) is 0.0477. The predicted octanol–water partition coefficient (Wildman–Crippen LogP) is 3.19. The van der Waals surface area contributed by atoms with Gasteiger partial charge in [-0.15, -0.1) is 0 Å². The van der Waals surface area contributed by atoms with Crippen LogP contribution in [0.5, 0.6) is 0 Å². The number of benzene rings is 1. The fourth-order valence-corrected chi connectivity index (χ4v) is 2.36. The molecule has 1 aromatic rings. The van der Waals surface area contributed by atoms with E-state index in [1.807, 2.05) is 0 Å². The molecule has 1 amide bonds. The topological polar surface area (TPSA) is 57.6 Å². The van der Waals surface area contributed by atoms with Crippen molar-refractivity contribution in [2.75, 3.05) is 13.1 Å². The van der Waals surface area contributed by atoms with Gasteiger partial charge < -0.3 is 10.0 Å². The Morgan fingerprint density at radius 2 is 1.68 bits per heavy atom. The maximum absolute atomic E-state index is 12.7. The van der Waals surface area contributed by atoms with Crippen molar-refractivity contribution in [2.24, 2.45) is 5.92 Å². The summed E-state index contributed by atoms with van der Waals surface area (Å²) in [6.45, 7) is -1.21. The molecule has 0 heterocycles. The number of aromatic carboxylic acids is 1. The molecule has 1 aliphatic carbocycles. The second-order valence-electron chi connectivity index (χ2n) is 5.48. The van der Waals surface area contributed by atoms with Crippen LogP contribution in [0.3, 0.4) is 0 Å². The SMILES string of the molecule is O=C(O)c1ccc(C(=O)N(CC2CCC2)CC(F)(F)F)cc1. The van der Waals surface area contributed by atoms with E-state index in [2.05, 4.69) is 0 Å². The highest BCUT2D eigenvalue weighted by atomic mass is 19.4. The molecule has 0 aromatic heterocycles. The molecule has 120 valence electrons. The van der Waals surface area contributed by atoms with Gasteiger partial charge in [-0.25, -0.2) is 4.79 Å². The van der Waals surface area contributed by atoms with Crippen molar-refractivity contribution in [1.82, 2.24) is 4.90 Å². The van der Waals surface area contributed by atoms with Crippen LogP contribution < -0.4 is 0 Å². The number of carboxylic acids is 1. The maximum atomic E-state index is 12.7. The highest BCUT2D eigenvalue weighted by Gasteiger charge is 2.35. The van der Waals surface area contributed by atoms with E-state index in [1.165, 1.54) is 24.3 Å². The first-order chi connectivity index (χ1) is 10.3. The summed E-state index contributed by atoms with van der Waals surface area (Å²) in [5.74, 6) is -1.76. The Morgan fingerprint density at radius 1 is 1.14 bits per heavy atom. The number of rotatable bonds is 5. The molecule has 1 aromatic carbocycles. The van der Waals surface area contributed by atoms with E-state index >= 15 is 0 Å². The molecule has 0 bridgehead atoms. The zero-order valence-corrected chi connectivity index (χ0v) is 11.8. The number of hydrogen-bond acceptors (Lipinski definition) is 2. The summed E-state index contributed by atoms with van der Waals surface area (Å²) in [4.78, 5) is 23.8. The Kier molecular flexibility index (Phi) is 4.73. The summed E-state index contributed by atoms with van der Waals surface area (Å²) in [7, 11) is 0. The first-order valence-corrected chi connectivity index (χ1v) is 6.95. The summed E-state index contributed by atoms with van der Waals surface area (Å²) >= 11 is 0. The average Bonchev–Trinajstić information content (AvgIpc) is 2.39. The molecule has 2 rings (SSSR count). The van der Waals surface area contributed by atoms with Crippen LogP contribution in [0.2, 0.25) is 0 Å². The Hall–Kier alpha value is -2.05. The molecule has 4 nitrogen and oxygen atoms in total. The van der Waals surface area contributed by atoms with Crippen LogP contribution in [0, 0.1) is 5.92 Å². The van der Waals surface area contributed by atoms with Gasteiger partial charge in [0.15, 0.2) is 0 Å². The third-order valence-electron chi connectivity index (χ3n) is 3.74. The summed E-state index contributed by atoms with van der Waals surface area (Å²) < 4.78 is 38.0. The third kappa shape index (κ3) is 4.22. The molecule has 0 aliphatic heterocycles. The standard InChI is InChI=1S/C15H16F3NO3/c16-15(17,18)9-19(8-10-2-1-3-10)13(20)11-4-6-12(7-5-11)14(21)22/h4-7,10H,1-3,8-9H2,(H,21,22). The molecule has 0 saturated heterocycles. The van der Waals surface area contributed by atoms with Crippen molar-refractivity contribution < 1.29 is 27.9 Å². The van der Waals surface area contributed by atoms with E-state index in [-0.39, 0.29) is 23.6 Å². The Morgan fingerprint density at radius 3 is 2.09 bits per heavy atom. The molecule has 0 radical (unpaired) electrons. The molecule has 0 atom stereocenters. The summed E-state index contributed by atoms with van der Waals surface area (Å²) in [6, 6.07) is 4.92. The quantitative estimate of drug-likeness (QED) is 0.908. The zero-order valence-electron chi connectivity index (χ0n) is 11.8. The maximum Gasteiger partial charge on any atom is 0.406 e. The van der Waals surface area contributed by atoms with Gasteiger partial charge in [-0.05, 0) is 43.0 Å². The van der Waals surface area contributed by atoms with Gasteiger partial charge in [0.2, 0.25) is 0 Å². The van der Waals surface area contributed by atoms with Crippen LogP contribution in [0.25, 0.3) is 0 Å². The number of amides is 1. The minimum atomic E-state index is -4.46. The number of carbonyl (C=O) groups is 2. The molecule has 1 saturated carbocycles. The normalized spacial score (nSPS) is 15.2. The molecule has 0 spiro atoms. The molecule has 22 heavy (non-hydrogen) atoms. The zero-order chi connectivity index (χ0) is 16.3. The van der Waals surface area contributed by atoms with E-state index in [0.717, 1.165) is 24.2 Å². The van der Waals surface area contributed by atoms with E-state index < -0.39 is 24.6 Å². The first kappa shape index (κ1) is 16.3. The van der Waals surface area contributed by atoms with Gasteiger partial charge in [0.05, 0.1) is 5.56 Å². The van der Waals surface area contributed by atoms with Crippen molar-refractivity contribution >= 4 is 11.9 Å². The van der Waals surface area contributed by atoms with Crippen molar-refractivity contribution in [3.8, 4) is 0 Å². The van der Waals surface area contributed by atoms with E-state index in [0.29, 0.717) is 0 Å². The van der Waals surface area contributed by atoms with Gasteiger partial charge in [0, 0.05) is 12.1 Å². The largest absolute Gasteiger partial charge is 0.478 e. The number of hydrogen-bond donors (Lipinski definition) is 1. The van der Waals surface area contributed by atoms with Gasteiger partial charge >= 0.3 is 12.1 Å². The van der Waals surface area contributed by atoms with Crippen molar-refractivity contribution in [3.63, 3.8) is 0 Å². The first-order valence-electron chi connectivity index (χ1n) is 6.95. The molecule has 1 aliphatic rings. The van der Waals surface area contributed by atoms with Gasteiger partial charge in [-0.1, -0.05) is 6.42 Å². The third-order valence-corrected chi connectivity index (χ3v) is 3.74. The Bertz CT molecular complexity index is 550. The minimum absolute atomic E-state index is 0.0158. The fourth-order valence-electron chi connectivity index (χ4n) is 2.36. The molecule has 1 fully saturated rings. The second-order valence-corrected chi connectivity index (χ2v) is 5.48. The lowest BCUT2D eigenvalue weighted by molar-refractivity contribution is -0.142. The van der Waals surface area contributed by atoms with Crippen molar-refractivity contribution in [2.45, 2.75) is 25.4 Å². The second kappa shape index (κ2) is 6.37. The summed E-state index contributed by atoms with van der Waals surface area (Å²) in [6.07, 6.45) is -1.81. The highest BCUT2D eigenvalue weighted by molar-refractivity contribution is 5.96. The lowest BCUT2D eigenvalue weighted by atomic mass is 9.85. The number of carbonyl (C=O) groups excluding carboxylic acids is 1. The van der Waals surface area contributed by atoms with Gasteiger partial charge in [0.1, 0.15) is 6.54 Å². The number of carboxylic acid groups (broad SMARTS) is 1. The van der Waals surface area contributed by atoms with Crippen LogP contribution >= 0.6 is 0 Å². The summed E-state index contributed by atoms with van der Waals surface area (Å²) in [5, 5.41) is 8.79. The van der Waals surface area contributed by atoms with Gasteiger partial charge in [0.25, 0.3) is 5.91 Å².